The zero-order valence-corrected chi connectivity index (χ0v) is 10.6. The van der Waals surface area contributed by atoms with Gasteiger partial charge in [0.15, 0.2) is 0 Å². The van der Waals surface area contributed by atoms with Gasteiger partial charge in [0.25, 0.3) is 0 Å². The SMILES string of the molecule is NCC(c1ccc(F)cc1F)C(O)c1ccc(F)cc1. The minimum absolute atomic E-state index is 0.0267. The lowest BCUT2D eigenvalue weighted by Gasteiger charge is -2.22. The molecule has 0 saturated heterocycles. The van der Waals surface area contributed by atoms with Crippen LogP contribution in [0.25, 0.3) is 0 Å². The number of aliphatic hydroxyl groups excluding tert-OH is 1. The minimum atomic E-state index is -1.10. The van der Waals surface area contributed by atoms with E-state index in [4.69, 9.17) is 5.73 Å². The molecule has 106 valence electrons. The molecular formula is C15H14F3NO. The lowest BCUT2D eigenvalue weighted by molar-refractivity contribution is 0.145. The fraction of sp³-hybridized carbons (Fsp3) is 0.200. The van der Waals surface area contributed by atoms with E-state index in [0.717, 1.165) is 12.1 Å². The Morgan fingerprint density at radius 2 is 1.55 bits per heavy atom. The van der Waals surface area contributed by atoms with Crippen LogP contribution >= 0.6 is 0 Å². The molecule has 3 N–H and O–H groups in total. The maximum atomic E-state index is 13.8. The van der Waals surface area contributed by atoms with E-state index in [1.807, 2.05) is 0 Å². The molecule has 2 aromatic rings. The predicted molar refractivity (Wildman–Crippen MR) is 69.5 cm³/mol. The van der Waals surface area contributed by atoms with Crippen molar-refractivity contribution >= 4 is 0 Å². The quantitative estimate of drug-likeness (QED) is 0.905. The van der Waals surface area contributed by atoms with Crippen LogP contribution in [0.2, 0.25) is 0 Å². The van der Waals surface area contributed by atoms with Gasteiger partial charge in [0.2, 0.25) is 0 Å². The van der Waals surface area contributed by atoms with Gasteiger partial charge in [-0.05, 0) is 29.3 Å². The fourth-order valence-corrected chi connectivity index (χ4v) is 2.12. The molecule has 5 heteroatoms. The van der Waals surface area contributed by atoms with Gasteiger partial charge in [0.1, 0.15) is 17.5 Å². The number of benzene rings is 2. The maximum Gasteiger partial charge on any atom is 0.129 e. The molecule has 0 aliphatic carbocycles. The average molecular weight is 281 g/mol. The summed E-state index contributed by atoms with van der Waals surface area (Å²) in [6.45, 7) is -0.0267. The zero-order valence-electron chi connectivity index (χ0n) is 10.6. The third-order valence-electron chi connectivity index (χ3n) is 3.21. The molecule has 0 radical (unpaired) electrons. The number of rotatable bonds is 4. The molecule has 2 atom stereocenters. The molecule has 2 aromatic carbocycles. The zero-order chi connectivity index (χ0) is 14.7. The van der Waals surface area contributed by atoms with Crippen LogP contribution in [0.5, 0.6) is 0 Å². The standard InChI is InChI=1S/C15H14F3NO/c16-10-3-1-9(2-4-10)15(20)13(8-19)12-6-5-11(17)7-14(12)18/h1-7,13,15,20H,8,19H2. The second-order valence-electron chi connectivity index (χ2n) is 4.50. The summed E-state index contributed by atoms with van der Waals surface area (Å²) in [5.41, 5.74) is 6.14. The Balaban J connectivity index is 2.33. The first-order valence-corrected chi connectivity index (χ1v) is 6.11. The molecule has 0 saturated carbocycles. The number of nitrogens with two attached hydrogens (primary N) is 1. The van der Waals surface area contributed by atoms with Crippen molar-refractivity contribution < 1.29 is 18.3 Å². The van der Waals surface area contributed by atoms with E-state index in [1.165, 1.54) is 30.3 Å². The van der Waals surface area contributed by atoms with Crippen molar-refractivity contribution in [2.24, 2.45) is 5.73 Å². The second-order valence-corrected chi connectivity index (χ2v) is 4.50. The topological polar surface area (TPSA) is 46.2 Å². The molecule has 0 fully saturated rings. The van der Waals surface area contributed by atoms with Gasteiger partial charge in [0, 0.05) is 18.5 Å². The Bertz CT molecular complexity index is 586. The van der Waals surface area contributed by atoms with Gasteiger partial charge in [-0.3, -0.25) is 0 Å². The van der Waals surface area contributed by atoms with Gasteiger partial charge in [-0.2, -0.15) is 0 Å². The first-order chi connectivity index (χ1) is 9.52. The first kappa shape index (κ1) is 14.6. The Morgan fingerprint density at radius 1 is 0.950 bits per heavy atom. The van der Waals surface area contributed by atoms with Crippen LogP contribution in [0, 0.1) is 17.5 Å². The van der Waals surface area contributed by atoms with E-state index < -0.39 is 29.5 Å². The summed E-state index contributed by atoms with van der Waals surface area (Å²) in [6.07, 6.45) is -1.10. The summed E-state index contributed by atoms with van der Waals surface area (Å²) in [5, 5.41) is 10.3. The van der Waals surface area contributed by atoms with Gasteiger partial charge in [-0.15, -0.1) is 0 Å². The highest BCUT2D eigenvalue weighted by Gasteiger charge is 2.24. The smallest absolute Gasteiger partial charge is 0.129 e. The lowest BCUT2D eigenvalue weighted by atomic mass is 9.89. The van der Waals surface area contributed by atoms with Gasteiger partial charge < -0.3 is 10.8 Å². The Kier molecular flexibility index (Phi) is 4.42. The van der Waals surface area contributed by atoms with Crippen LogP contribution < -0.4 is 5.73 Å². The Morgan fingerprint density at radius 3 is 2.10 bits per heavy atom. The van der Waals surface area contributed by atoms with Crippen molar-refractivity contribution in [3.8, 4) is 0 Å². The monoisotopic (exact) mass is 281 g/mol. The van der Waals surface area contributed by atoms with E-state index in [2.05, 4.69) is 0 Å². The average Bonchev–Trinajstić information content (AvgIpc) is 2.42. The van der Waals surface area contributed by atoms with Crippen LogP contribution in [-0.4, -0.2) is 11.7 Å². The van der Waals surface area contributed by atoms with Crippen molar-refractivity contribution in [1.29, 1.82) is 0 Å². The van der Waals surface area contributed by atoms with Crippen LogP contribution in [0.15, 0.2) is 42.5 Å². The van der Waals surface area contributed by atoms with Gasteiger partial charge in [-0.1, -0.05) is 18.2 Å². The van der Waals surface area contributed by atoms with Crippen molar-refractivity contribution in [3.05, 3.63) is 71.0 Å². The van der Waals surface area contributed by atoms with E-state index in [-0.39, 0.29) is 12.1 Å². The molecule has 0 spiro atoms. The first-order valence-electron chi connectivity index (χ1n) is 6.11. The second kappa shape index (κ2) is 6.07. The van der Waals surface area contributed by atoms with Crippen LogP contribution in [0.4, 0.5) is 13.2 Å². The number of halogens is 3. The minimum Gasteiger partial charge on any atom is -0.388 e. The predicted octanol–water partition coefficient (Wildman–Crippen LogP) is 2.88. The highest BCUT2D eigenvalue weighted by Crippen LogP contribution is 2.31. The third kappa shape index (κ3) is 3.00. The summed E-state index contributed by atoms with van der Waals surface area (Å²) >= 11 is 0. The molecule has 2 unspecified atom stereocenters. The molecular weight excluding hydrogens is 267 g/mol. The summed E-state index contributed by atoms with van der Waals surface area (Å²) in [6, 6.07) is 8.33. The van der Waals surface area contributed by atoms with Crippen molar-refractivity contribution in [3.63, 3.8) is 0 Å². The van der Waals surface area contributed by atoms with E-state index in [1.54, 1.807) is 0 Å². The molecule has 0 bridgehead atoms. The number of aliphatic hydroxyl groups is 1. The van der Waals surface area contributed by atoms with Gasteiger partial charge >= 0.3 is 0 Å². The largest absolute Gasteiger partial charge is 0.388 e. The van der Waals surface area contributed by atoms with Crippen LogP contribution in [0.3, 0.4) is 0 Å². The fourth-order valence-electron chi connectivity index (χ4n) is 2.12. The highest BCUT2D eigenvalue weighted by molar-refractivity contribution is 5.28. The van der Waals surface area contributed by atoms with Crippen LogP contribution in [0.1, 0.15) is 23.1 Å². The van der Waals surface area contributed by atoms with Crippen LogP contribution in [-0.2, 0) is 0 Å². The third-order valence-corrected chi connectivity index (χ3v) is 3.21. The summed E-state index contributed by atoms with van der Waals surface area (Å²) in [5.74, 6) is -2.63. The van der Waals surface area contributed by atoms with Crippen molar-refractivity contribution in [1.82, 2.24) is 0 Å². The number of hydrogen-bond acceptors (Lipinski definition) is 2. The molecule has 0 aliphatic rings. The molecule has 2 rings (SSSR count). The summed E-state index contributed by atoms with van der Waals surface area (Å²) in [4.78, 5) is 0. The maximum absolute atomic E-state index is 13.8. The van der Waals surface area contributed by atoms with Crippen molar-refractivity contribution in [2.75, 3.05) is 6.54 Å². The number of hydrogen-bond donors (Lipinski definition) is 2. The Labute approximate surface area is 114 Å². The molecule has 2 nitrogen and oxygen atoms in total. The Hall–Kier alpha value is -1.85. The van der Waals surface area contributed by atoms with E-state index in [9.17, 15) is 18.3 Å². The summed E-state index contributed by atoms with van der Waals surface area (Å²) < 4.78 is 39.5. The van der Waals surface area contributed by atoms with Gasteiger partial charge in [-0.25, -0.2) is 13.2 Å². The highest BCUT2D eigenvalue weighted by atomic mass is 19.1. The summed E-state index contributed by atoms with van der Waals surface area (Å²) in [7, 11) is 0. The van der Waals surface area contributed by atoms with Gasteiger partial charge in [0.05, 0.1) is 6.10 Å². The molecule has 20 heavy (non-hydrogen) atoms. The van der Waals surface area contributed by atoms with Crippen molar-refractivity contribution in [2.45, 2.75) is 12.0 Å². The molecule has 0 amide bonds. The molecule has 0 aliphatic heterocycles. The lowest BCUT2D eigenvalue weighted by Crippen LogP contribution is -2.21. The van der Waals surface area contributed by atoms with E-state index in [0.29, 0.717) is 5.56 Å². The normalized spacial score (nSPS) is 14.1. The molecule has 0 aromatic heterocycles. The van der Waals surface area contributed by atoms with E-state index >= 15 is 0 Å². The molecule has 0 heterocycles.